The standard InChI is InChI=1S/C11H21N.C10H20N2/c1-2-6-10(7-3-1)11-8-4-5-9-12-11;1-3-7-11-9(5-1)10-6-2-4-8-12-10/h10-12H,1-9H2;9-12H,1-8H2. The molecule has 140 valence electrons. The Morgan fingerprint density at radius 2 is 0.792 bits per heavy atom. The van der Waals surface area contributed by atoms with Crippen molar-refractivity contribution in [2.75, 3.05) is 19.6 Å². The Kier molecular flexibility index (Phi) is 8.38. The first-order valence-electron chi connectivity index (χ1n) is 11.1. The van der Waals surface area contributed by atoms with Gasteiger partial charge in [0.05, 0.1) is 0 Å². The molecule has 3 atom stereocenters. The van der Waals surface area contributed by atoms with E-state index < -0.39 is 0 Å². The molecular weight excluding hydrogens is 294 g/mol. The third-order valence-corrected chi connectivity index (χ3v) is 6.75. The van der Waals surface area contributed by atoms with Gasteiger partial charge >= 0.3 is 0 Å². The van der Waals surface area contributed by atoms with E-state index in [1.165, 1.54) is 110 Å². The molecule has 1 saturated carbocycles. The van der Waals surface area contributed by atoms with Crippen LogP contribution in [-0.2, 0) is 0 Å². The quantitative estimate of drug-likeness (QED) is 0.714. The van der Waals surface area contributed by atoms with Crippen molar-refractivity contribution < 1.29 is 0 Å². The molecule has 0 radical (unpaired) electrons. The Bertz CT molecular complexity index is 245. The summed E-state index contributed by atoms with van der Waals surface area (Å²) in [5, 5.41) is 10.9. The molecular formula is C21H41N3. The van der Waals surface area contributed by atoms with Crippen LogP contribution in [0.4, 0.5) is 0 Å². The molecule has 0 amide bonds. The monoisotopic (exact) mass is 335 g/mol. The molecule has 3 heterocycles. The van der Waals surface area contributed by atoms with E-state index in [1.54, 1.807) is 0 Å². The van der Waals surface area contributed by atoms with Gasteiger partial charge in [-0.3, -0.25) is 0 Å². The minimum Gasteiger partial charge on any atom is -0.314 e. The van der Waals surface area contributed by atoms with E-state index in [9.17, 15) is 0 Å². The summed E-state index contributed by atoms with van der Waals surface area (Å²) in [6.07, 6.45) is 20.2. The maximum atomic E-state index is 3.69. The Hall–Kier alpha value is -0.120. The zero-order valence-electron chi connectivity index (χ0n) is 15.8. The predicted molar refractivity (Wildman–Crippen MR) is 104 cm³/mol. The molecule has 0 aromatic carbocycles. The first kappa shape index (κ1) is 18.7. The van der Waals surface area contributed by atoms with Crippen LogP contribution in [0.2, 0.25) is 0 Å². The summed E-state index contributed by atoms with van der Waals surface area (Å²) in [4.78, 5) is 0. The zero-order chi connectivity index (χ0) is 16.5. The number of hydrogen-bond donors (Lipinski definition) is 3. The van der Waals surface area contributed by atoms with E-state index in [-0.39, 0.29) is 0 Å². The number of rotatable bonds is 2. The fourth-order valence-electron chi connectivity index (χ4n) is 5.26. The van der Waals surface area contributed by atoms with Crippen LogP contribution < -0.4 is 16.0 Å². The third-order valence-electron chi connectivity index (χ3n) is 6.75. The predicted octanol–water partition coefficient (Wildman–Crippen LogP) is 3.98. The van der Waals surface area contributed by atoms with Crippen molar-refractivity contribution in [2.45, 2.75) is 108 Å². The number of nitrogens with one attached hydrogen (secondary N) is 3. The Balaban J connectivity index is 0.000000141. The highest BCUT2D eigenvalue weighted by atomic mass is 15.0. The summed E-state index contributed by atoms with van der Waals surface area (Å²) in [6.45, 7) is 3.76. The molecule has 0 aromatic heterocycles. The minimum atomic E-state index is 0.777. The van der Waals surface area contributed by atoms with Crippen molar-refractivity contribution in [2.24, 2.45) is 5.92 Å². The van der Waals surface area contributed by atoms with E-state index in [4.69, 9.17) is 0 Å². The molecule has 3 heteroatoms. The van der Waals surface area contributed by atoms with Gasteiger partial charge in [0.1, 0.15) is 0 Å². The zero-order valence-corrected chi connectivity index (χ0v) is 15.8. The van der Waals surface area contributed by atoms with Crippen LogP contribution in [0.15, 0.2) is 0 Å². The first-order chi connectivity index (χ1) is 11.9. The summed E-state index contributed by atoms with van der Waals surface area (Å²) < 4.78 is 0. The fourth-order valence-corrected chi connectivity index (χ4v) is 5.26. The molecule has 3 aliphatic heterocycles. The van der Waals surface area contributed by atoms with Crippen LogP contribution in [0.3, 0.4) is 0 Å². The van der Waals surface area contributed by atoms with E-state index in [2.05, 4.69) is 16.0 Å². The lowest BCUT2D eigenvalue weighted by molar-refractivity contribution is 0.235. The molecule has 0 bridgehead atoms. The van der Waals surface area contributed by atoms with Crippen LogP contribution in [-0.4, -0.2) is 37.8 Å². The van der Waals surface area contributed by atoms with Crippen molar-refractivity contribution in [1.29, 1.82) is 0 Å². The van der Waals surface area contributed by atoms with Crippen LogP contribution >= 0.6 is 0 Å². The van der Waals surface area contributed by atoms with Gasteiger partial charge in [0.15, 0.2) is 0 Å². The smallest absolute Gasteiger partial charge is 0.0221 e. The minimum absolute atomic E-state index is 0.777. The lowest BCUT2D eigenvalue weighted by Gasteiger charge is -2.34. The summed E-state index contributed by atoms with van der Waals surface area (Å²) >= 11 is 0. The van der Waals surface area contributed by atoms with Crippen LogP contribution in [0, 0.1) is 5.92 Å². The van der Waals surface area contributed by atoms with Gasteiger partial charge in [-0.1, -0.05) is 38.5 Å². The van der Waals surface area contributed by atoms with Crippen molar-refractivity contribution in [3.05, 3.63) is 0 Å². The van der Waals surface area contributed by atoms with Gasteiger partial charge in [-0.2, -0.15) is 0 Å². The largest absolute Gasteiger partial charge is 0.314 e. The molecule has 4 rings (SSSR count). The molecule has 3 nitrogen and oxygen atoms in total. The molecule has 4 fully saturated rings. The van der Waals surface area contributed by atoms with Crippen molar-refractivity contribution in [3.8, 4) is 0 Å². The van der Waals surface area contributed by atoms with Gasteiger partial charge in [-0.15, -0.1) is 0 Å². The number of hydrogen-bond acceptors (Lipinski definition) is 3. The van der Waals surface area contributed by atoms with Crippen LogP contribution in [0.1, 0.15) is 89.9 Å². The highest BCUT2D eigenvalue weighted by Crippen LogP contribution is 2.29. The lowest BCUT2D eigenvalue weighted by Crippen LogP contribution is -2.51. The number of piperidine rings is 3. The average molecular weight is 336 g/mol. The Morgan fingerprint density at radius 1 is 0.375 bits per heavy atom. The summed E-state index contributed by atoms with van der Waals surface area (Å²) in [6, 6.07) is 2.44. The molecule has 3 saturated heterocycles. The van der Waals surface area contributed by atoms with Gasteiger partial charge in [0.2, 0.25) is 0 Å². The van der Waals surface area contributed by atoms with E-state index in [0.717, 1.165) is 24.0 Å². The second-order valence-corrected chi connectivity index (χ2v) is 8.57. The maximum Gasteiger partial charge on any atom is 0.0221 e. The van der Waals surface area contributed by atoms with Crippen molar-refractivity contribution >= 4 is 0 Å². The molecule has 3 N–H and O–H groups in total. The fraction of sp³-hybridized carbons (Fsp3) is 1.00. The molecule has 0 spiro atoms. The van der Waals surface area contributed by atoms with Crippen LogP contribution in [0.25, 0.3) is 0 Å². The van der Waals surface area contributed by atoms with Crippen molar-refractivity contribution in [1.82, 2.24) is 16.0 Å². The lowest BCUT2D eigenvalue weighted by atomic mass is 9.81. The van der Waals surface area contributed by atoms with Crippen LogP contribution in [0.5, 0.6) is 0 Å². The topological polar surface area (TPSA) is 36.1 Å². The Morgan fingerprint density at radius 3 is 1.21 bits per heavy atom. The summed E-state index contributed by atoms with van der Waals surface area (Å²) in [7, 11) is 0. The van der Waals surface area contributed by atoms with Gasteiger partial charge in [-0.25, -0.2) is 0 Å². The SMILES string of the molecule is C1CCC(C2CCCCN2)CC1.C1CCC(C2CCCCN2)NC1. The van der Waals surface area contributed by atoms with Gasteiger partial charge in [0, 0.05) is 18.1 Å². The highest BCUT2D eigenvalue weighted by molar-refractivity contribution is 4.86. The van der Waals surface area contributed by atoms with Gasteiger partial charge in [-0.05, 0) is 76.9 Å². The highest BCUT2D eigenvalue weighted by Gasteiger charge is 2.25. The third kappa shape index (κ3) is 6.00. The van der Waals surface area contributed by atoms with Gasteiger partial charge in [0.25, 0.3) is 0 Å². The summed E-state index contributed by atoms with van der Waals surface area (Å²) in [5.41, 5.74) is 0. The van der Waals surface area contributed by atoms with E-state index in [1.807, 2.05) is 0 Å². The molecule has 0 aromatic rings. The Labute approximate surface area is 150 Å². The normalized spacial score (nSPS) is 35.8. The van der Waals surface area contributed by atoms with E-state index in [0.29, 0.717) is 0 Å². The molecule has 4 aliphatic rings. The molecule has 1 aliphatic carbocycles. The summed E-state index contributed by atoms with van der Waals surface area (Å²) in [5.74, 6) is 1.03. The first-order valence-corrected chi connectivity index (χ1v) is 11.1. The maximum absolute atomic E-state index is 3.69. The average Bonchev–Trinajstić information content (AvgIpc) is 2.71. The van der Waals surface area contributed by atoms with Gasteiger partial charge < -0.3 is 16.0 Å². The second-order valence-electron chi connectivity index (χ2n) is 8.57. The molecule has 24 heavy (non-hydrogen) atoms. The second kappa shape index (κ2) is 10.8. The van der Waals surface area contributed by atoms with Crippen molar-refractivity contribution in [3.63, 3.8) is 0 Å². The molecule has 3 unspecified atom stereocenters. The van der Waals surface area contributed by atoms with E-state index >= 15 is 0 Å².